The number of hydrogen-bond donors (Lipinski definition) is 1. The number of carbonyl (C=O) groups excluding carboxylic acids is 1. The van der Waals surface area contributed by atoms with Crippen molar-refractivity contribution in [2.45, 2.75) is 0 Å². The minimum atomic E-state index is -0.254. The SMILES string of the molecule is C=CC(=O)c1[nH]cnc1/N=N/N(C)C. The Kier molecular flexibility index (Phi) is 3.11. The second-order valence-electron chi connectivity index (χ2n) is 2.71. The molecule has 6 heteroatoms. The number of rotatable bonds is 4. The molecule has 0 amide bonds. The molecule has 0 bridgehead atoms. The Morgan fingerprint density at radius 2 is 2.43 bits per heavy atom. The highest BCUT2D eigenvalue weighted by Crippen LogP contribution is 2.14. The molecule has 1 heterocycles. The maximum Gasteiger partial charge on any atom is 0.205 e. The molecule has 0 radical (unpaired) electrons. The summed E-state index contributed by atoms with van der Waals surface area (Å²) in [6.07, 6.45) is 2.59. The number of hydrogen-bond acceptors (Lipinski definition) is 4. The predicted octanol–water partition coefficient (Wildman–Crippen LogP) is 1.34. The van der Waals surface area contributed by atoms with Gasteiger partial charge in [-0.05, 0) is 6.08 Å². The van der Waals surface area contributed by atoms with Gasteiger partial charge in [0.1, 0.15) is 5.69 Å². The molecule has 0 saturated heterocycles. The summed E-state index contributed by atoms with van der Waals surface area (Å²) >= 11 is 0. The van der Waals surface area contributed by atoms with Crippen molar-refractivity contribution in [1.29, 1.82) is 0 Å². The number of aromatic nitrogens is 2. The molecule has 0 aliphatic rings. The lowest BCUT2D eigenvalue weighted by atomic mass is 10.3. The number of imidazole rings is 1. The summed E-state index contributed by atoms with van der Waals surface area (Å²) in [5.74, 6) is 0.0128. The smallest absolute Gasteiger partial charge is 0.205 e. The van der Waals surface area contributed by atoms with Gasteiger partial charge < -0.3 is 4.98 Å². The molecule has 74 valence electrons. The monoisotopic (exact) mass is 193 g/mol. The Labute approximate surface area is 81.3 Å². The van der Waals surface area contributed by atoms with Crippen LogP contribution in [0.4, 0.5) is 5.82 Å². The van der Waals surface area contributed by atoms with Crippen LogP contribution >= 0.6 is 0 Å². The second kappa shape index (κ2) is 4.31. The molecule has 0 aliphatic heterocycles. The summed E-state index contributed by atoms with van der Waals surface area (Å²) in [5.41, 5.74) is 0.297. The highest BCUT2D eigenvalue weighted by molar-refractivity contribution is 6.05. The van der Waals surface area contributed by atoms with E-state index in [0.717, 1.165) is 0 Å². The molecule has 0 atom stereocenters. The van der Waals surface area contributed by atoms with Crippen LogP contribution in [0.5, 0.6) is 0 Å². The number of nitrogens with zero attached hydrogens (tertiary/aromatic N) is 4. The van der Waals surface area contributed by atoms with E-state index in [9.17, 15) is 4.79 Å². The van der Waals surface area contributed by atoms with E-state index < -0.39 is 0 Å². The van der Waals surface area contributed by atoms with Crippen molar-refractivity contribution in [2.24, 2.45) is 10.3 Å². The van der Waals surface area contributed by atoms with Crippen LogP contribution in [0.1, 0.15) is 10.5 Å². The van der Waals surface area contributed by atoms with Crippen LogP contribution in [0.3, 0.4) is 0 Å². The molecule has 14 heavy (non-hydrogen) atoms. The van der Waals surface area contributed by atoms with Gasteiger partial charge in [-0.25, -0.2) is 4.98 Å². The molecule has 0 fully saturated rings. The van der Waals surface area contributed by atoms with Crippen LogP contribution in [-0.4, -0.2) is 34.9 Å². The highest BCUT2D eigenvalue weighted by atomic mass is 16.1. The maximum absolute atomic E-state index is 11.2. The minimum absolute atomic E-state index is 0.254. The predicted molar refractivity (Wildman–Crippen MR) is 51.3 cm³/mol. The Balaban J connectivity index is 2.93. The van der Waals surface area contributed by atoms with Crippen LogP contribution < -0.4 is 0 Å². The van der Waals surface area contributed by atoms with Gasteiger partial charge in [-0.15, -0.1) is 5.11 Å². The zero-order chi connectivity index (χ0) is 10.6. The summed E-state index contributed by atoms with van der Waals surface area (Å²) in [6, 6.07) is 0. The molecule has 0 saturated carbocycles. The summed E-state index contributed by atoms with van der Waals surface area (Å²) in [7, 11) is 3.45. The molecule has 1 aromatic heterocycles. The van der Waals surface area contributed by atoms with E-state index in [1.807, 2.05) is 0 Å². The number of allylic oxidation sites excluding steroid dienone is 1. The molecule has 1 rings (SSSR count). The van der Waals surface area contributed by atoms with E-state index in [-0.39, 0.29) is 11.6 Å². The standard InChI is InChI=1S/C8H11N5O/c1-4-6(14)7-8(10-5-9-7)11-12-13(2)3/h4-5H,1H2,2-3H3,(H,9,10)/b12-11+. The van der Waals surface area contributed by atoms with Gasteiger partial charge in [0.05, 0.1) is 6.33 Å². The van der Waals surface area contributed by atoms with Gasteiger partial charge in [0.25, 0.3) is 0 Å². The van der Waals surface area contributed by atoms with Crippen LogP contribution in [0.2, 0.25) is 0 Å². The molecule has 0 unspecified atom stereocenters. The molecule has 6 nitrogen and oxygen atoms in total. The van der Waals surface area contributed by atoms with Crippen molar-refractivity contribution in [3.63, 3.8) is 0 Å². The molecule has 0 aromatic carbocycles. The van der Waals surface area contributed by atoms with Crippen molar-refractivity contribution in [1.82, 2.24) is 15.0 Å². The number of ketones is 1. The Morgan fingerprint density at radius 1 is 1.71 bits per heavy atom. The molecule has 0 spiro atoms. The van der Waals surface area contributed by atoms with Crippen molar-refractivity contribution in [3.05, 3.63) is 24.7 Å². The summed E-state index contributed by atoms with van der Waals surface area (Å²) < 4.78 is 0. The number of nitrogens with one attached hydrogen (secondary N) is 1. The maximum atomic E-state index is 11.2. The van der Waals surface area contributed by atoms with Crippen LogP contribution in [0.15, 0.2) is 29.3 Å². The molecule has 1 aromatic rings. The largest absolute Gasteiger partial charge is 0.340 e. The third kappa shape index (κ3) is 2.25. The van der Waals surface area contributed by atoms with Crippen molar-refractivity contribution >= 4 is 11.6 Å². The van der Waals surface area contributed by atoms with E-state index in [1.165, 1.54) is 17.4 Å². The fourth-order valence-corrected chi connectivity index (χ4v) is 0.778. The van der Waals surface area contributed by atoms with Crippen molar-refractivity contribution < 1.29 is 4.79 Å². The van der Waals surface area contributed by atoms with Gasteiger partial charge in [-0.2, -0.15) is 0 Å². The Hall–Kier alpha value is -1.98. The van der Waals surface area contributed by atoms with E-state index >= 15 is 0 Å². The first-order chi connectivity index (χ1) is 6.65. The third-order valence-corrected chi connectivity index (χ3v) is 1.37. The average Bonchev–Trinajstić information content (AvgIpc) is 2.61. The third-order valence-electron chi connectivity index (χ3n) is 1.37. The zero-order valence-electron chi connectivity index (χ0n) is 8.06. The van der Waals surface area contributed by atoms with E-state index in [0.29, 0.717) is 5.69 Å². The average molecular weight is 193 g/mol. The van der Waals surface area contributed by atoms with Crippen LogP contribution in [0.25, 0.3) is 0 Å². The van der Waals surface area contributed by atoms with Gasteiger partial charge in [-0.3, -0.25) is 9.80 Å². The van der Waals surface area contributed by atoms with Crippen molar-refractivity contribution in [2.75, 3.05) is 14.1 Å². The first-order valence-corrected chi connectivity index (χ1v) is 3.94. The lowest BCUT2D eigenvalue weighted by Crippen LogP contribution is -1.99. The molecule has 1 N–H and O–H groups in total. The first-order valence-electron chi connectivity index (χ1n) is 3.94. The normalized spacial score (nSPS) is 10.4. The lowest BCUT2D eigenvalue weighted by molar-refractivity contribution is 0.104. The van der Waals surface area contributed by atoms with E-state index in [4.69, 9.17) is 0 Å². The Morgan fingerprint density at radius 3 is 3.00 bits per heavy atom. The highest BCUT2D eigenvalue weighted by Gasteiger charge is 2.10. The second-order valence-corrected chi connectivity index (χ2v) is 2.71. The fraction of sp³-hybridized carbons (Fsp3) is 0.250. The number of aromatic amines is 1. The topological polar surface area (TPSA) is 73.7 Å². The van der Waals surface area contributed by atoms with Crippen LogP contribution in [0, 0.1) is 0 Å². The lowest BCUT2D eigenvalue weighted by Gasteiger charge is -1.99. The van der Waals surface area contributed by atoms with Gasteiger partial charge in [0.15, 0.2) is 0 Å². The number of carbonyl (C=O) groups is 1. The summed E-state index contributed by atoms with van der Waals surface area (Å²) in [6.45, 7) is 3.37. The summed E-state index contributed by atoms with van der Waals surface area (Å²) in [4.78, 5) is 17.8. The van der Waals surface area contributed by atoms with Crippen LogP contribution in [-0.2, 0) is 0 Å². The quantitative estimate of drug-likeness (QED) is 0.339. The Bertz CT molecular complexity index is 366. The zero-order valence-corrected chi connectivity index (χ0v) is 8.06. The van der Waals surface area contributed by atoms with Gasteiger partial charge in [-0.1, -0.05) is 11.8 Å². The molecular formula is C8H11N5O. The van der Waals surface area contributed by atoms with Gasteiger partial charge in [0.2, 0.25) is 11.6 Å². The van der Waals surface area contributed by atoms with Gasteiger partial charge in [0, 0.05) is 14.1 Å². The molecule has 0 aliphatic carbocycles. The fourth-order valence-electron chi connectivity index (χ4n) is 0.778. The van der Waals surface area contributed by atoms with E-state index in [2.05, 4.69) is 26.9 Å². The first kappa shape index (κ1) is 10.1. The molecular weight excluding hydrogens is 182 g/mol. The van der Waals surface area contributed by atoms with Crippen molar-refractivity contribution in [3.8, 4) is 0 Å². The minimum Gasteiger partial charge on any atom is -0.340 e. The van der Waals surface area contributed by atoms with Gasteiger partial charge >= 0.3 is 0 Å². The van der Waals surface area contributed by atoms with E-state index in [1.54, 1.807) is 14.1 Å². The summed E-state index contributed by atoms with van der Waals surface area (Å²) in [5, 5.41) is 9.02. The number of H-pyrrole nitrogens is 1.